The number of rotatable bonds is 1. The van der Waals surface area contributed by atoms with Crippen molar-refractivity contribution in [2.75, 3.05) is 0 Å². The van der Waals surface area contributed by atoms with Gasteiger partial charge in [0, 0.05) is 17.0 Å². The quantitative estimate of drug-likeness (QED) is 0.437. The number of benzene rings is 1. The van der Waals surface area contributed by atoms with Crippen LogP contribution in [-0.2, 0) is 0 Å². The van der Waals surface area contributed by atoms with E-state index in [-0.39, 0.29) is 15.6 Å². The Bertz CT molecular complexity index is 321. The first-order valence-corrected chi connectivity index (χ1v) is 3.67. The first kappa shape index (κ1) is 9.28. The third kappa shape index (κ3) is 1.67. The minimum absolute atomic E-state index is 0.130. The maximum absolute atomic E-state index is 12.7. The van der Waals surface area contributed by atoms with Crippen LogP contribution in [0, 0.1) is 15.9 Å². The summed E-state index contributed by atoms with van der Waals surface area (Å²) in [5.74, 6) is -0.745. The topological polar surface area (TPSA) is 43.1 Å². The van der Waals surface area contributed by atoms with E-state index in [1.807, 2.05) is 0 Å². The smallest absolute Gasteiger partial charge is 0.258 e. The van der Waals surface area contributed by atoms with Crippen LogP contribution < -0.4 is 0 Å². The second-order valence-electron chi connectivity index (χ2n) is 2.02. The molecule has 12 heavy (non-hydrogen) atoms. The fourth-order valence-electron chi connectivity index (χ4n) is 0.666. The van der Waals surface area contributed by atoms with Gasteiger partial charge in [0.2, 0.25) is 0 Å². The van der Waals surface area contributed by atoms with Crippen LogP contribution in [0.5, 0.6) is 0 Å². The molecule has 0 aromatic heterocycles. The number of halogens is 2. The maximum atomic E-state index is 12.7. The van der Waals surface area contributed by atoms with Crippen LogP contribution >= 0.6 is 24.2 Å². The Morgan fingerprint density at radius 3 is 2.58 bits per heavy atom. The van der Waals surface area contributed by atoms with E-state index in [0.717, 1.165) is 12.1 Å². The van der Waals surface area contributed by atoms with E-state index >= 15 is 0 Å². The number of non-ortho nitro benzene ring substituents is 1. The van der Waals surface area contributed by atoms with Crippen molar-refractivity contribution in [3.05, 3.63) is 33.1 Å². The van der Waals surface area contributed by atoms with Crippen molar-refractivity contribution in [2.45, 2.75) is 4.90 Å². The minimum Gasteiger partial charge on any atom is -0.258 e. The van der Waals surface area contributed by atoms with Gasteiger partial charge < -0.3 is 0 Å². The van der Waals surface area contributed by atoms with Gasteiger partial charge in [-0.1, -0.05) is 11.6 Å². The molecule has 0 aliphatic rings. The van der Waals surface area contributed by atoms with Crippen molar-refractivity contribution in [3.63, 3.8) is 0 Å². The van der Waals surface area contributed by atoms with Crippen LogP contribution in [0.4, 0.5) is 10.1 Å². The maximum Gasteiger partial charge on any atom is 0.272 e. The van der Waals surface area contributed by atoms with Crippen molar-refractivity contribution in [1.82, 2.24) is 0 Å². The van der Waals surface area contributed by atoms with Crippen molar-refractivity contribution in [2.24, 2.45) is 0 Å². The van der Waals surface area contributed by atoms with E-state index in [4.69, 9.17) is 11.6 Å². The van der Waals surface area contributed by atoms with Crippen LogP contribution in [0.15, 0.2) is 17.0 Å². The molecule has 0 atom stereocenters. The highest BCUT2D eigenvalue weighted by molar-refractivity contribution is 7.80. The molecule has 0 unspecified atom stereocenters. The summed E-state index contributed by atoms with van der Waals surface area (Å²) < 4.78 is 12.7. The van der Waals surface area contributed by atoms with E-state index in [2.05, 4.69) is 12.6 Å². The standard InChI is InChI=1S/C6H3ClFNO2S/c7-4-1-3(9(10)11)2-5(12)6(4)8/h1-2,12H. The van der Waals surface area contributed by atoms with E-state index in [1.54, 1.807) is 0 Å². The average Bonchev–Trinajstić information content (AvgIpc) is 1.99. The van der Waals surface area contributed by atoms with Gasteiger partial charge in [0.05, 0.1) is 9.95 Å². The fourth-order valence-corrected chi connectivity index (χ4v) is 1.20. The second-order valence-corrected chi connectivity index (χ2v) is 2.91. The molecule has 0 saturated carbocycles. The fraction of sp³-hybridized carbons (Fsp3) is 0. The second kappa shape index (κ2) is 3.28. The molecule has 3 nitrogen and oxygen atoms in total. The molecule has 0 heterocycles. The van der Waals surface area contributed by atoms with E-state index in [9.17, 15) is 14.5 Å². The average molecular weight is 208 g/mol. The highest BCUT2D eigenvalue weighted by Crippen LogP contribution is 2.26. The molecule has 1 aromatic carbocycles. The third-order valence-corrected chi connectivity index (χ3v) is 1.81. The van der Waals surface area contributed by atoms with Gasteiger partial charge in [-0.2, -0.15) is 0 Å². The Balaban J connectivity index is 3.31. The number of hydrogen-bond donors (Lipinski definition) is 1. The summed E-state index contributed by atoms with van der Waals surface area (Å²) in [4.78, 5) is 9.42. The first-order valence-electron chi connectivity index (χ1n) is 2.85. The van der Waals surface area contributed by atoms with Gasteiger partial charge in [-0.15, -0.1) is 12.6 Å². The molecule has 0 aliphatic carbocycles. The van der Waals surface area contributed by atoms with Gasteiger partial charge >= 0.3 is 0 Å². The zero-order valence-corrected chi connectivity index (χ0v) is 7.27. The lowest BCUT2D eigenvalue weighted by Crippen LogP contribution is -1.90. The van der Waals surface area contributed by atoms with Gasteiger partial charge in [0.25, 0.3) is 5.69 Å². The summed E-state index contributed by atoms with van der Waals surface area (Å²) in [6.07, 6.45) is 0. The highest BCUT2D eigenvalue weighted by atomic mass is 35.5. The number of thiol groups is 1. The molecule has 1 aromatic rings. The molecule has 0 amide bonds. The van der Waals surface area contributed by atoms with E-state index < -0.39 is 10.7 Å². The molecule has 0 bridgehead atoms. The van der Waals surface area contributed by atoms with Gasteiger partial charge in [0.1, 0.15) is 0 Å². The van der Waals surface area contributed by atoms with Crippen molar-refractivity contribution >= 4 is 29.9 Å². The van der Waals surface area contributed by atoms with Gasteiger partial charge in [-0.25, -0.2) is 4.39 Å². The summed E-state index contributed by atoms with van der Waals surface area (Å²) in [5, 5.41) is 9.91. The summed E-state index contributed by atoms with van der Waals surface area (Å²) in [6.45, 7) is 0. The zero-order valence-electron chi connectivity index (χ0n) is 5.62. The van der Waals surface area contributed by atoms with E-state index in [0.29, 0.717) is 0 Å². The minimum atomic E-state index is -0.745. The Kier molecular flexibility index (Phi) is 2.54. The van der Waals surface area contributed by atoms with Crippen LogP contribution in [0.1, 0.15) is 0 Å². The molecule has 6 heteroatoms. The normalized spacial score (nSPS) is 9.92. The third-order valence-electron chi connectivity index (χ3n) is 1.20. The molecule has 0 aliphatic heterocycles. The monoisotopic (exact) mass is 207 g/mol. The Hall–Kier alpha value is -0.810. The Morgan fingerprint density at radius 2 is 2.17 bits per heavy atom. The molecular weight excluding hydrogens is 205 g/mol. The number of nitro groups is 1. The van der Waals surface area contributed by atoms with Crippen LogP contribution in [-0.4, -0.2) is 4.92 Å². The van der Waals surface area contributed by atoms with Crippen LogP contribution in [0.3, 0.4) is 0 Å². The number of nitro benzene ring substituents is 1. The lowest BCUT2D eigenvalue weighted by atomic mass is 10.3. The van der Waals surface area contributed by atoms with Crippen molar-refractivity contribution in [1.29, 1.82) is 0 Å². The van der Waals surface area contributed by atoms with Crippen LogP contribution in [0.25, 0.3) is 0 Å². The predicted molar refractivity (Wildman–Crippen MR) is 45.3 cm³/mol. The number of hydrogen-bond acceptors (Lipinski definition) is 3. The predicted octanol–water partition coefficient (Wildman–Crippen LogP) is 2.68. The molecule has 1 rings (SSSR count). The van der Waals surface area contributed by atoms with Gasteiger partial charge in [-0.05, 0) is 0 Å². The summed E-state index contributed by atoms with van der Waals surface area (Å²) >= 11 is 9.00. The van der Waals surface area contributed by atoms with Gasteiger partial charge in [-0.3, -0.25) is 10.1 Å². The number of nitrogens with zero attached hydrogens (tertiary/aromatic N) is 1. The Labute approximate surface area is 77.7 Å². The molecule has 0 saturated heterocycles. The van der Waals surface area contributed by atoms with Crippen LogP contribution in [0.2, 0.25) is 5.02 Å². The summed E-state index contributed by atoms with van der Waals surface area (Å²) in [7, 11) is 0. The summed E-state index contributed by atoms with van der Waals surface area (Å²) in [5.41, 5.74) is -0.272. The lowest BCUT2D eigenvalue weighted by Gasteiger charge is -1.97. The summed E-state index contributed by atoms with van der Waals surface area (Å²) in [6, 6.07) is 1.95. The molecule has 0 fully saturated rings. The largest absolute Gasteiger partial charge is 0.272 e. The molecule has 0 radical (unpaired) electrons. The van der Waals surface area contributed by atoms with Gasteiger partial charge in [0.15, 0.2) is 5.82 Å². The first-order chi connectivity index (χ1) is 5.52. The van der Waals surface area contributed by atoms with E-state index in [1.165, 1.54) is 0 Å². The zero-order chi connectivity index (χ0) is 9.30. The molecule has 0 N–H and O–H groups in total. The molecular formula is C6H3ClFNO2S. The highest BCUT2D eigenvalue weighted by Gasteiger charge is 2.12. The Morgan fingerprint density at radius 1 is 1.58 bits per heavy atom. The lowest BCUT2D eigenvalue weighted by molar-refractivity contribution is -0.385. The van der Waals surface area contributed by atoms with Crippen molar-refractivity contribution in [3.8, 4) is 0 Å². The molecule has 64 valence electrons. The van der Waals surface area contributed by atoms with Crippen molar-refractivity contribution < 1.29 is 9.31 Å². The molecule has 0 spiro atoms. The SMILES string of the molecule is O=[N+]([O-])c1cc(S)c(F)c(Cl)c1.